The summed E-state index contributed by atoms with van der Waals surface area (Å²) in [5.41, 5.74) is 4.72. The molecule has 0 fully saturated rings. The Morgan fingerprint density at radius 3 is 2.47 bits per heavy atom. The van der Waals surface area contributed by atoms with Gasteiger partial charge in [-0.2, -0.15) is 0 Å². The third kappa shape index (κ3) is 5.78. The van der Waals surface area contributed by atoms with E-state index in [1.54, 1.807) is 0 Å². The van der Waals surface area contributed by atoms with Gasteiger partial charge in [-0.1, -0.05) is 0 Å². The highest BCUT2D eigenvalue weighted by atomic mass is 19.3. The predicted octanol–water partition coefficient (Wildman–Crippen LogP) is -1.21. The van der Waals surface area contributed by atoms with Crippen molar-refractivity contribution in [2.75, 3.05) is 13.2 Å². The number of primary amides is 1. The molecule has 0 heterocycles. The van der Waals surface area contributed by atoms with Crippen LogP contribution in [0, 0.1) is 0 Å². The van der Waals surface area contributed by atoms with Crippen LogP contribution in [0.3, 0.4) is 0 Å². The van der Waals surface area contributed by atoms with E-state index in [0.29, 0.717) is 0 Å². The van der Waals surface area contributed by atoms with Gasteiger partial charge in [0.25, 0.3) is 5.92 Å². The van der Waals surface area contributed by atoms with Gasteiger partial charge in [0.05, 0.1) is 6.54 Å². The van der Waals surface area contributed by atoms with Crippen LogP contribution in [0.5, 0.6) is 0 Å². The van der Waals surface area contributed by atoms with E-state index in [-0.39, 0.29) is 0 Å². The molecule has 0 spiro atoms. The van der Waals surface area contributed by atoms with Gasteiger partial charge in [0.2, 0.25) is 5.91 Å². The molecule has 15 heavy (non-hydrogen) atoms. The second-order valence-corrected chi connectivity index (χ2v) is 2.96. The lowest BCUT2D eigenvalue weighted by atomic mass is 10.3. The smallest absolute Gasteiger partial charge is 0.312 e. The Labute approximate surface area is 84.8 Å². The molecule has 1 unspecified atom stereocenters. The molecule has 0 aliphatic carbocycles. The first kappa shape index (κ1) is 13.6. The topological polar surface area (TPSA) is 104 Å². The van der Waals surface area contributed by atoms with Crippen molar-refractivity contribution in [1.29, 1.82) is 0 Å². The summed E-state index contributed by atoms with van der Waals surface area (Å²) >= 11 is 0. The molecule has 0 aliphatic heterocycles. The van der Waals surface area contributed by atoms with Crippen LogP contribution >= 0.6 is 0 Å². The van der Waals surface area contributed by atoms with Crippen LogP contribution in [0.25, 0.3) is 0 Å². The molecule has 5 N–H and O–H groups in total. The summed E-state index contributed by atoms with van der Waals surface area (Å²) < 4.78 is 24.9. The fraction of sp³-hybridized carbons (Fsp3) is 0.714. The van der Waals surface area contributed by atoms with Gasteiger partial charge in [-0.25, -0.2) is 13.6 Å². The normalized spacial score (nSPS) is 13.1. The maximum Gasteiger partial charge on any atom is 0.312 e. The van der Waals surface area contributed by atoms with Crippen molar-refractivity contribution in [3.63, 3.8) is 0 Å². The Morgan fingerprint density at radius 1 is 1.53 bits per heavy atom. The number of aliphatic hydroxyl groups excluding tert-OH is 1. The number of rotatable bonds is 5. The maximum absolute atomic E-state index is 12.5. The highest BCUT2D eigenvalue weighted by Gasteiger charge is 2.29. The number of carbonyl (C=O) groups is 2. The number of aliphatic hydroxyl groups is 1. The van der Waals surface area contributed by atoms with Crippen molar-refractivity contribution in [2.45, 2.75) is 18.9 Å². The van der Waals surface area contributed by atoms with Crippen molar-refractivity contribution < 1.29 is 23.5 Å². The Kier molecular flexibility index (Phi) is 4.92. The van der Waals surface area contributed by atoms with Gasteiger partial charge < -0.3 is 21.5 Å². The van der Waals surface area contributed by atoms with Crippen LogP contribution in [0.1, 0.15) is 6.92 Å². The minimum absolute atomic E-state index is 0.804. The van der Waals surface area contributed by atoms with Crippen LogP contribution < -0.4 is 16.4 Å². The van der Waals surface area contributed by atoms with Crippen LogP contribution in [0.2, 0.25) is 0 Å². The Hall–Kier alpha value is -1.44. The average molecular weight is 225 g/mol. The monoisotopic (exact) mass is 225 g/mol. The van der Waals surface area contributed by atoms with Crippen molar-refractivity contribution in [1.82, 2.24) is 10.6 Å². The first-order chi connectivity index (χ1) is 6.78. The van der Waals surface area contributed by atoms with Gasteiger partial charge >= 0.3 is 6.03 Å². The molecule has 88 valence electrons. The lowest BCUT2D eigenvalue weighted by molar-refractivity contribution is -0.125. The number of hydrogen-bond acceptors (Lipinski definition) is 3. The van der Waals surface area contributed by atoms with E-state index in [1.165, 1.54) is 6.92 Å². The summed E-state index contributed by atoms with van der Waals surface area (Å²) in [5, 5.41) is 12.1. The fourth-order valence-electron chi connectivity index (χ4n) is 0.704. The van der Waals surface area contributed by atoms with E-state index >= 15 is 0 Å². The summed E-state index contributed by atoms with van der Waals surface area (Å²) in [4.78, 5) is 21.4. The first-order valence-corrected chi connectivity index (χ1v) is 4.11. The molecule has 0 aliphatic rings. The summed E-state index contributed by atoms with van der Waals surface area (Å²) in [6.07, 6.45) is 0. The molecular formula is C7H13F2N3O3. The van der Waals surface area contributed by atoms with Crippen LogP contribution in [-0.2, 0) is 4.79 Å². The molecule has 1 atom stereocenters. The van der Waals surface area contributed by atoms with Gasteiger partial charge in [-0.05, 0) is 6.92 Å². The van der Waals surface area contributed by atoms with Gasteiger partial charge in [0.15, 0.2) is 0 Å². The molecule has 0 saturated heterocycles. The maximum atomic E-state index is 12.5. The van der Waals surface area contributed by atoms with Crippen molar-refractivity contribution in [3.05, 3.63) is 0 Å². The molecule has 6 nitrogen and oxygen atoms in total. The molecule has 0 aromatic carbocycles. The third-order valence-electron chi connectivity index (χ3n) is 1.50. The van der Waals surface area contributed by atoms with E-state index in [9.17, 15) is 18.4 Å². The summed E-state index contributed by atoms with van der Waals surface area (Å²) in [6.45, 7) is -1.06. The minimum atomic E-state index is -3.37. The van der Waals surface area contributed by atoms with E-state index in [2.05, 4.69) is 0 Å². The molecule has 3 amide bonds. The number of hydrogen-bond donors (Lipinski definition) is 4. The lowest BCUT2D eigenvalue weighted by Gasteiger charge is -2.16. The zero-order valence-corrected chi connectivity index (χ0v) is 8.09. The highest BCUT2D eigenvalue weighted by Crippen LogP contribution is 2.09. The number of carbonyl (C=O) groups excluding carboxylic acids is 2. The van der Waals surface area contributed by atoms with E-state index in [1.807, 2.05) is 10.6 Å². The molecular weight excluding hydrogens is 212 g/mol. The van der Waals surface area contributed by atoms with E-state index in [0.717, 1.165) is 0 Å². The number of halogens is 2. The van der Waals surface area contributed by atoms with Gasteiger partial charge in [-0.3, -0.25) is 4.79 Å². The SMILES string of the molecule is CC(NC(N)=O)C(=O)NCC(F)(F)CO. The standard InChI is InChI=1S/C7H13F2N3O3/c1-4(12-6(10)15)5(14)11-2-7(8,9)3-13/h4,13H,2-3H2,1H3,(H,11,14)(H3,10,12,15). The lowest BCUT2D eigenvalue weighted by Crippen LogP contribution is -2.49. The molecule has 0 aromatic heterocycles. The number of amides is 3. The van der Waals surface area contributed by atoms with Crippen LogP contribution in [0.15, 0.2) is 0 Å². The Morgan fingerprint density at radius 2 is 2.07 bits per heavy atom. The van der Waals surface area contributed by atoms with Crippen molar-refractivity contribution in [2.24, 2.45) is 5.73 Å². The van der Waals surface area contributed by atoms with Gasteiger partial charge in [0, 0.05) is 0 Å². The first-order valence-electron chi connectivity index (χ1n) is 4.11. The number of alkyl halides is 2. The summed E-state index contributed by atoms with van der Waals surface area (Å²) in [5.74, 6) is -4.18. The highest BCUT2D eigenvalue weighted by molar-refractivity contribution is 5.86. The zero-order chi connectivity index (χ0) is 12.1. The average Bonchev–Trinajstić information content (AvgIpc) is 2.13. The quantitative estimate of drug-likeness (QED) is 0.471. The molecule has 0 aromatic rings. The molecule has 0 saturated carbocycles. The van der Waals surface area contributed by atoms with E-state index < -0.39 is 37.1 Å². The molecule has 0 radical (unpaired) electrons. The third-order valence-corrected chi connectivity index (χ3v) is 1.50. The minimum Gasteiger partial charge on any atom is -0.390 e. The van der Waals surface area contributed by atoms with Crippen LogP contribution in [-0.4, -0.2) is 42.2 Å². The molecule has 0 rings (SSSR count). The van der Waals surface area contributed by atoms with Crippen LogP contribution in [0.4, 0.5) is 13.6 Å². The van der Waals surface area contributed by atoms with Crippen molar-refractivity contribution >= 4 is 11.9 Å². The van der Waals surface area contributed by atoms with Gasteiger partial charge in [0.1, 0.15) is 12.6 Å². The summed E-state index contributed by atoms with van der Waals surface area (Å²) in [6, 6.07) is -1.93. The number of nitrogens with two attached hydrogens (primary N) is 1. The second-order valence-electron chi connectivity index (χ2n) is 2.96. The summed E-state index contributed by atoms with van der Waals surface area (Å²) in [7, 11) is 0. The second kappa shape index (κ2) is 5.44. The zero-order valence-electron chi connectivity index (χ0n) is 8.09. The predicted molar refractivity (Wildman–Crippen MR) is 47.2 cm³/mol. The number of nitrogens with one attached hydrogen (secondary N) is 2. The molecule has 0 bridgehead atoms. The fourth-order valence-corrected chi connectivity index (χ4v) is 0.704. The largest absolute Gasteiger partial charge is 0.390 e. The molecule has 8 heteroatoms. The Bertz CT molecular complexity index is 248. The van der Waals surface area contributed by atoms with Gasteiger partial charge in [-0.15, -0.1) is 0 Å². The number of urea groups is 1. The van der Waals surface area contributed by atoms with E-state index in [4.69, 9.17) is 10.8 Å². The Balaban J connectivity index is 3.98. The van der Waals surface area contributed by atoms with Crippen molar-refractivity contribution in [3.8, 4) is 0 Å².